The van der Waals surface area contributed by atoms with Gasteiger partial charge in [0.15, 0.2) is 11.4 Å². The molecule has 2 aromatic carbocycles. The van der Waals surface area contributed by atoms with Crippen LogP contribution in [-0.2, 0) is 19.3 Å². The second kappa shape index (κ2) is 10.3. The van der Waals surface area contributed by atoms with E-state index in [1.54, 1.807) is 18.3 Å². The molecule has 0 saturated carbocycles. The predicted octanol–water partition coefficient (Wildman–Crippen LogP) is 4.80. The van der Waals surface area contributed by atoms with Crippen LogP contribution < -0.4 is 14.8 Å². The number of rotatable bonds is 8. The fraction of sp³-hybridized carbons (Fsp3) is 0.160. The third-order valence-electron chi connectivity index (χ3n) is 5.04. The molecule has 35 heavy (non-hydrogen) atoms. The summed E-state index contributed by atoms with van der Waals surface area (Å²) in [7, 11) is 1.35. The van der Waals surface area contributed by atoms with Crippen molar-refractivity contribution in [3.8, 4) is 17.3 Å². The van der Waals surface area contributed by atoms with Crippen LogP contribution in [-0.4, -0.2) is 27.8 Å². The Kier molecular flexibility index (Phi) is 7.00. The molecule has 4 aromatic rings. The number of hydrogen-bond acceptors (Lipinski definition) is 5. The summed E-state index contributed by atoms with van der Waals surface area (Å²) in [6.07, 6.45) is -1.57. The molecule has 2 heterocycles. The zero-order valence-corrected chi connectivity index (χ0v) is 18.6. The van der Waals surface area contributed by atoms with Crippen molar-refractivity contribution in [2.24, 2.45) is 0 Å². The quantitative estimate of drug-likeness (QED) is 0.390. The Morgan fingerprint density at radius 3 is 2.57 bits per heavy atom. The first-order valence-electron chi connectivity index (χ1n) is 10.5. The van der Waals surface area contributed by atoms with Gasteiger partial charge in [0.25, 0.3) is 5.91 Å². The van der Waals surface area contributed by atoms with E-state index in [1.165, 1.54) is 30.1 Å². The van der Waals surface area contributed by atoms with Gasteiger partial charge in [-0.2, -0.15) is 18.3 Å². The molecule has 0 radical (unpaired) electrons. The van der Waals surface area contributed by atoms with E-state index in [2.05, 4.69) is 15.4 Å². The van der Waals surface area contributed by atoms with Gasteiger partial charge in [-0.25, -0.2) is 9.67 Å². The van der Waals surface area contributed by atoms with Gasteiger partial charge < -0.3 is 14.8 Å². The number of amides is 1. The van der Waals surface area contributed by atoms with E-state index in [9.17, 15) is 18.0 Å². The zero-order chi connectivity index (χ0) is 24.8. The largest absolute Gasteiger partial charge is 0.493 e. The molecule has 0 aliphatic rings. The van der Waals surface area contributed by atoms with Gasteiger partial charge in [-0.1, -0.05) is 36.4 Å². The Hall–Kier alpha value is -4.34. The summed E-state index contributed by atoms with van der Waals surface area (Å²) in [5.74, 6) is -0.00956. The number of carbonyl (C=O) groups is 1. The molecule has 2 aromatic heterocycles. The third-order valence-corrected chi connectivity index (χ3v) is 5.04. The Labute approximate surface area is 199 Å². The van der Waals surface area contributed by atoms with E-state index >= 15 is 0 Å². The van der Waals surface area contributed by atoms with Crippen molar-refractivity contribution in [1.29, 1.82) is 0 Å². The molecule has 0 spiro atoms. The summed E-state index contributed by atoms with van der Waals surface area (Å²) in [6, 6.07) is 17.7. The van der Waals surface area contributed by atoms with Crippen LogP contribution in [0.1, 0.15) is 27.2 Å². The van der Waals surface area contributed by atoms with Gasteiger partial charge in [0, 0.05) is 18.8 Å². The number of alkyl halides is 3. The molecule has 1 N–H and O–H groups in total. The number of aromatic nitrogens is 3. The molecule has 0 aliphatic heterocycles. The van der Waals surface area contributed by atoms with Gasteiger partial charge in [0.05, 0.1) is 24.6 Å². The lowest BCUT2D eigenvalue weighted by Crippen LogP contribution is -2.24. The number of carbonyl (C=O) groups excluding carboxylic acids is 1. The molecular weight excluding hydrogens is 461 g/mol. The molecule has 7 nitrogen and oxygen atoms in total. The van der Waals surface area contributed by atoms with E-state index < -0.39 is 17.6 Å². The minimum absolute atomic E-state index is 0.0560. The Morgan fingerprint density at radius 1 is 1.03 bits per heavy atom. The van der Waals surface area contributed by atoms with Crippen LogP contribution in [0, 0.1) is 0 Å². The molecule has 180 valence electrons. The molecule has 4 rings (SSSR count). The topological polar surface area (TPSA) is 78.3 Å². The summed E-state index contributed by atoms with van der Waals surface area (Å²) < 4.78 is 51.3. The number of ether oxygens (including phenoxy) is 2. The highest BCUT2D eigenvalue weighted by Crippen LogP contribution is 2.30. The van der Waals surface area contributed by atoms with Crippen LogP contribution in [0.3, 0.4) is 0 Å². The van der Waals surface area contributed by atoms with Crippen LogP contribution in [0.2, 0.25) is 0 Å². The number of hydrogen-bond donors (Lipinski definition) is 1. The maximum Gasteiger partial charge on any atom is 0.416 e. The lowest BCUT2D eigenvalue weighted by molar-refractivity contribution is -0.137. The van der Waals surface area contributed by atoms with E-state index in [1.807, 2.05) is 30.3 Å². The Bertz CT molecular complexity index is 1310. The van der Waals surface area contributed by atoms with Gasteiger partial charge in [-0.05, 0) is 35.4 Å². The van der Waals surface area contributed by atoms with Gasteiger partial charge in [-0.15, -0.1) is 0 Å². The second-order valence-electron chi connectivity index (χ2n) is 7.50. The fourth-order valence-electron chi connectivity index (χ4n) is 3.26. The highest BCUT2D eigenvalue weighted by Gasteiger charge is 2.30. The average Bonchev–Trinajstić information content (AvgIpc) is 3.31. The predicted molar refractivity (Wildman–Crippen MR) is 121 cm³/mol. The summed E-state index contributed by atoms with van der Waals surface area (Å²) in [5, 5.41) is 6.88. The molecule has 0 unspecified atom stereocenters. The van der Waals surface area contributed by atoms with Gasteiger partial charge >= 0.3 is 6.18 Å². The first kappa shape index (κ1) is 23.8. The molecule has 10 heteroatoms. The normalized spacial score (nSPS) is 11.2. The number of nitrogens with one attached hydrogen (secondary N) is 1. The summed E-state index contributed by atoms with van der Waals surface area (Å²) in [6.45, 7) is 0.510. The van der Waals surface area contributed by atoms with Crippen LogP contribution >= 0.6 is 0 Å². The first-order chi connectivity index (χ1) is 16.8. The van der Waals surface area contributed by atoms with Crippen molar-refractivity contribution in [2.45, 2.75) is 19.3 Å². The maximum atomic E-state index is 13.1. The van der Waals surface area contributed by atoms with Crippen LogP contribution in [0.25, 0.3) is 5.69 Å². The number of methoxy groups -OCH3 is 1. The number of halogens is 3. The van der Waals surface area contributed by atoms with Crippen molar-refractivity contribution in [3.63, 3.8) is 0 Å². The minimum Gasteiger partial charge on any atom is -0.493 e. The Balaban J connectivity index is 1.44. The van der Waals surface area contributed by atoms with E-state index in [-0.39, 0.29) is 23.7 Å². The van der Waals surface area contributed by atoms with Crippen molar-refractivity contribution in [3.05, 3.63) is 102 Å². The fourth-order valence-corrected chi connectivity index (χ4v) is 3.26. The smallest absolute Gasteiger partial charge is 0.416 e. The van der Waals surface area contributed by atoms with E-state index in [4.69, 9.17) is 9.47 Å². The zero-order valence-electron chi connectivity index (χ0n) is 18.6. The first-order valence-corrected chi connectivity index (χ1v) is 10.5. The average molecular weight is 482 g/mol. The van der Waals surface area contributed by atoms with E-state index in [0.717, 1.165) is 23.3 Å². The lowest BCUT2D eigenvalue weighted by Gasteiger charge is -2.09. The van der Waals surface area contributed by atoms with E-state index in [0.29, 0.717) is 12.5 Å². The molecule has 0 aliphatic carbocycles. The van der Waals surface area contributed by atoms with Gasteiger partial charge in [0.1, 0.15) is 6.61 Å². The number of pyridine rings is 1. The van der Waals surface area contributed by atoms with Gasteiger partial charge in [0.2, 0.25) is 5.88 Å². The third kappa shape index (κ3) is 5.97. The summed E-state index contributed by atoms with van der Waals surface area (Å²) in [4.78, 5) is 16.9. The maximum absolute atomic E-state index is 13.1. The lowest BCUT2D eigenvalue weighted by atomic mass is 10.2. The van der Waals surface area contributed by atoms with Crippen molar-refractivity contribution < 1.29 is 27.4 Å². The highest BCUT2D eigenvalue weighted by atomic mass is 19.4. The second-order valence-corrected chi connectivity index (χ2v) is 7.50. The van der Waals surface area contributed by atoms with Crippen LogP contribution in [0.15, 0.2) is 79.1 Å². The van der Waals surface area contributed by atoms with Crippen molar-refractivity contribution in [2.75, 3.05) is 7.11 Å². The van der Waals surface area contributed by atoms with Crippen LogP contribution in [0.5, 0.6) is 11.6 Å². The minimum atomic E-state index is -4.50. The molecular formula is C25H21F3N4O3. The van der Waals surface area contributed by atoms with Gasteiger partial charge in [-0.3, -0.25) is 4.79 Å². The summed E-state index contributed by atoms with van der Waals surface area (Å²) >= 11 is 0. The van der Waals surface area contributed by atoms with Crippen molar-refractivity contribution >= 4 is 5.91 Å². The standard InChI is InChI=1S/C25H21F3N4O3/c1-34-21-15-32(20-9-5-8-19(13-20)25(26,27)28)31-23(21)24(33)30-14-18-10-11-29-22(12-18)35-16-17-6-3-2-4-7-17/h2-13,15H,14,16H2,1H3,(H,30,33). The summed E-state index contributed by atoms with van der Waals surface area (Å²) in [5.41, 5.74) is 1.01. The Morgan fingerprint density at radius 2 is 1.83 bits per heavy atom. The molecule has 0 saturated heterocycles. The number of nitrogens with zero attached hydrogens (tertiary/aromatic N) is 3. The SMILES string of the molecule is COc1cn(-c2cccc(C(F)(F)F)c2)nc1C(=O)NCc1ccnc(OCc2ccccc2)c1. The number of benzene rings is 2. The highest BCUT2D eigenvalue weighted by molar-refractivity contribution is 5.94. The monoisotopic (exact) mass is 482 g/mol. The molecule has 0 fully saturated rings. The molecule has 0 atom stereocenters. The molecule has 1 amide bonds. The van der Waals surface area contributed by atoms with Crippen LogP contribution in [0.4, 0.5) is 13.2 Å². The van der Waals surface area contributed by atoms with Crippen molar-refractivity contribution in [1.82, 2.24) is 20.1 Å². The molecule has 0 bridgehead atoms.